The summed E-state index contributed by atoms with van der Waals surface area (Å²) in [6, 6.07) is 10.6. The van der Waals surface area contributed by atoms with Crippen LogP contribution in [-0.2, 0) is 0 Å². The number of hydrogen-bond donors (Lipinski definition) is 2. The average Bonchev–Trinajstić information content (AvgIpc) is 2.56. The van der Waals surface area contributed by atoms with Crippen molar-refractivity contribution in [3.05, 3.63) is 62.6 Å². The SMILES string of the molecule is COc1cc(/C=C/c2nc3ccccc3c(=O)[nH]2)cc(Br)c1O. The number of nitrogens with zero attached hydrogens (tertiary/aromatic N) is 1. The van der Waals surface area contributed by atoms with Crippen molar-refractivity contribution in [3.63, 3.8) is 0 Å². The molecule has 116 valence electrons. The number of para-hydroxylation sites is 1. The summed E-state index contributed by atoms with van der Waals surface area (Å²) in [4.78, 5) is 19.1. The number of ether oxygens (including phenoxy) is 1. The molecule has 1 aromatic heterocycles. The van der Waals surface area contributed by atoms with E-state index in [1.54, 1.807) is 42.5 Å². The largest absolute Gasteiger partial charge is 0.503 e. The lowest BCUT2D eigenvalue weighted by molar-refractivity contribution is 0.372. The summed E-state index contributed by atoms with van der Waals surface area (Å²) in [6.07, 6.45) is 3.48. The molecule has 2 aromatic carbocycles. The highest BCUT2D eigenvalue weighted by atomic mass is 79.9. The van der Waals surface area contributed by atoms with E-state index in [0.29, 0.717) is 26.9 Å². The Kier molecular flexibility index (Phi) is 4.16. The first-order chi connectivity index (χ1) is 11.1. The Morgan fingerprint density at radius 1 is 1.26 bits per heavy atom. The van der Waals surface area contributed by atoms with Gasteiger partial charge in [0, 0.05) is 0 Å². The monoisotopic (exact) mass is 372 g/mol. The number of methoxy groups -OCH3 is 1. The lowest BCUT2D eigenvalue weighted by Gasteiger charge is -2.06. The number of phenolic OH excluding ortho intramolecular Hbond substituents is 1. The fourth-order valence-electron chi connectivity index (χ4n) is 2.20. The molecular weight excluding hydrogens is 360 g/mol. The van der Waals surface area contributed by atoms with Crippen molar-refractivity contribution in [2.24, 2.45) is 0 Å². The third-order valence-electron chi connectivity index (χ3n) is 3.34. The van der Waals surface area contributed by atoms with Crippen LogP contribution in [0.4, 0.5) is 0 Å². The van der Waals surface area contributed by atoms with Gasteiger partial charge in [0.05, 0.1) is 22.5 Å². The van der Waals surface area contributed by atoms with E-state index in [2.05, 4.69) is 25.9 Å². The summed E-state index contributed by atoms with van der Waals surface area (Å²) < 4.78 is 5.63. The van der Waals surface area contributed by atoms with Crippen molar-refractivity contribution < 1.29 is 9.84 Å². The Hall–Kier alpha value is -2.60. The first-order valence-electron chi connectivity index (χ1n) is 6.82. The Labute approximate surface area is 140 Å². The number of rotatable bonds is 3. The lowest BCUT2D eigenvalue weighted by Crippen LogP contribution is -2.09. The van der Waals surface area contributed by atoms with Crippen molar-refractivity contribution in [3.8, 4) is 11.5 Å². The second-order valence-corrected chi connectivity index (χ2v) is 5.71. The number of fused-ring (bicyclic) bond motifs is 1. The minimum atomic E-state index is -0.181. The maximum absolute atomic E-state index is 12.0. The molecule has 0 unspecified atom stereocenters. The standard InChI is InChI=1S/C17H13BrN2O3/c1-23-14-9-10(8-12(18)16(14)21)6-7-15-19-13-5-3-2-4-11(13)17(22)20-15/h2-9,21H,1H3,(H,19,20,22)/b7-6+. The molecule has 0 bridgehead atoms. The van der Waals surface area contributed by atoms with Crippen LogP contribution in [0, 0.1) is 0 Å². The molecule has 0 fully saturated rings. The molecule has 0 spiro atoms. The highest BCUT2D eigenvalue weighted by molar-refractivity contribution is 9.10. The van der Waals surface area contributed by atoms with Crippen molar-refractivity contribution in [2.75, 3.05) is 7.11 Å². The van der Waals surface area contributed by atoms with E-state index in [9.17, 15) is 9.90 Å². The molecule has 0 aliphatic rings. The van der Waals surface area contributed by atoms with Crippen molar-refractivity contribution in [1.82, 2.24) is 9.97 Å². The van der Waals surface area contributed by atoms with Crippen LogP contribution in [0.25, 0.3) is 23.1 Å². The van der Waals surface area contributed by atoms with Crippen LogP contribution < -0.4 is 10.3 Å². The van der Waals surface area contributed by atoms with Gasteiger partial charge in [0.2, 0.25) is 0 Å². The molecule has 3 aromatic rings. The van der Waals surface area contributed by atoms with Gasteiger partial charge in [-0.3, -0.25) is 4.79 Å². The van der Waals surface area contributed by atoms with E-state index in [1.807, 2.05) is 6.07 Å². The smallest absolute Gasteiger partial charge is 0.259 e. The van der Waals surface area contributed by atoms with Crippen LogP contribution >= 0.6 is 15.9 Å². The number of phenols is 1. The zero-order valence-electron chi connectivity index (χ0n) is 12.2. The second kappa shape index (κ2) is 6.26. The number of aromatic nitrogens is 2. The zero-order valence-corrected chi connectivity index (χ0v) is 13.8. The number of aromatic amines is 1. The van der Waals surface area contributed by atoms with Crippen molar-refractivity contribution >= 4 is 39.0 Å². The van der Waals surface area contributed by atoms with Crippen molar-refractivity contribution in [2.45, 2.75) is 0 Å². The van der Waals surface area contributed by atoms with Crippen LogP contribution in [0.1, 0.15) is 11.4 Å². The van der Waals surface area contributed by atoms with E-state index >= 15 is 0 Å². The van der Waals surface area contributed by atoms with Crippen LogP contribution in [0.2, 0.25) is 0 Å². The van der Waals surface area contributed by atoms with Gasteiger partial charge in [0.1, 0.15) is 5.82 Å². The number of aromatic hydroxyl groups is 1. The molecule has 0 saturated heterocycles. The van der Waals surface area contributed by atoms with Gasteiger partial charge in [-0.25, -0.2) is 4.98 Å². The summed E-state index contributed by atoms with van der Waals surface area (Å²) in [5.74, 6) is 0.859. The molecule has 0 atom stereocenters. The highest BCUT2D eigenvalue weighted by Gasteiger charge is 2.07. The summed E-state index contributed by atoms with van der Waals surface area (Å²) in [5, 5.41) is 10.4. The predicted molar refractivity (Wildman–Crippen MR) is 93.7 cm³/mol. The van der Waals surface area contributed by atoms with Crippen LogP contribution in [0.15, 0.2) is 45.7 Å². The summed E-state index contributed by atoms with van der Waals surface area (Å²) in [7, 11) is 1.48. The van der Waals surface area contributed by atoms with Gasteiger partial charge in [-0.05, 0) is 51.8 Å². The molecule has 0 aliphatic heterocycles. The maximum atomic E-state index is 12.0. The minimum Gasteiger partial charge on any atom is -0.503 e. The van der Waals surface area contributed by atoms with E-state index < -0.39 is 0 Å². The van der Waals surface area contributed by atoms with E-state index in [-0.39, 0.29) is 11.3 Å². The molecule has 6 heteroatoms. The molecular formula is C17H13BrN2O3. The van der Waals surface area contributed by atoms with Gasteiger partial charge >= 0.3 is 0 Å². The average molecular weight is 373 g/mol. The molecule has 0 saturated carbocycles. The minimum absolute atomic E-state index is 0.0434. The molecule has 1 heterocycles. The first-order valence-corrected chi connectivity index (χ1v) is 7.61. The molecule has 23 heavy (non-hydrogen) atoms. The van der Waals surface area contributed by atoms with Gasteiger partial charge in [-0.15, -0.1) is 0 Å². The summed E-state index contributed by atoms with van der Waals surface area (Å²) in [6.45, 7) is 0. The Balaban J connectivity index is 2.00. The van der Waals surface area contributed by atoms with E-state index in [4.69, 9.17) is 4.74 Å². The number of H-pyrrole nitrogens is 1. The normalized spacial score (nSPS) is 11.2. The van der Waals surface area contributed by atoms with Gasteiger partial charge in [-0.1, -0.05) is 18.2 Å². The number of halogens is 1. The summed E-state index contributed by atoms with van der Waals surface area (Å²) in [5.41, 5.74) is 1.25. The number of hydrogen-bond acceptors (Lipinski definition) is 4. The molecule has 5 nitrogen and oxygen atoms in total. The van der Waals surface area contributed by atoms with Gasteiger partial charge in [-0.2, -0.15) is 0 Å². The fraction of sp³-hybridized carbons (Fsp3) is 0.0588. The van der Waals surface area contributed by atoms with Gasteiger partial charge in [0.15, 0.2) is 11.5 Å². The Morgan fingerprint density at radius 2 is 2.04 bits per heavy atom. The first kappa shape index (κ1) is 15.3. The lowest BCUT2D eigenvalue weighted by atomic mass is 10.2. The molecule has 2 N–H and O–H groups in total. The summed E-state index contributed by atoms with van der Waals surface area (Å²) >= 11 is 3.27. The van der Waals surface area contributed by atoms with Crippen molar-refractivity contribution in [1.29, 1.82) is 0 Å². The maximum Gasteiger partial charge on any atom is 0.259 e. The Morgan fingerprint density at radius 3 is 2.83 bits per heavy atom. The third-order valence-corrected chi connectivity index (χ3v) is 3.94. The molecule has 0 radical (unpaired) electrons. The fourth-order valence-corrected chi connectivity index (χ4v) is 2.66. The van der Waals surface area contributed by atoms with E-state index in [0.717, 1.165) is 5.56 Å². The quantitative estimate of drug-likeness (QED) is 0.736. The van der Waals surface area contributed by atoms with Crippen LogP contribution in [-0.4, -0.2) is 22.2 Å². The van der Waals surface area contributed by atoms with E-state index in [1.165, 1.54) is 7.11 Å². The zero-order chi connectivity index (χ0) is 16.4. The molecule has 0 amide bonds. The van der Waals surface area contributed by atoms with Gasteiger partial charge < -0.3 is 14.8 Å². The molecule has 0 aliphatic carbocycles. The Bertz CT molecular complexity index is 964. The van der Waals surface area contributed by atoms with Crippen LogP contribution in [0.3, 0.4) is 0 Å². The number of benzene rings is 2. The van der Waals surface area contributed by atoms with Gasteiger partial charge in [0.25, 0.3) is 5.56 Å². The number of nitrogens with one attached hydrogen (secondary N) is 1. The third kappa shape index (κ3) is 3.12. The second-order valence-electron chi connectivity index (χ2n) is 4.86. The van der Waals surface area contributed by atoms with Crippen LogP contribution in [0.5, 0.6) is 11.5 Å². The molecule has 3 rings (SSSR count). The topological polar surface area (TPSA) is 75.2 Å². The highest BCUT2D eigenvalue weighted by Crippen LogP contribution is 2.35. The predicted octanol–water partition coefficient (Wildman–Crippen LogP) is 3.57.